The molecule has 0 saturated carbocycles. The Kier molecular flexibility index (Phi) is 5.66. The lowest BCUT2D eigenvalue weighted by Crippen LogP contribution is -2.32. The number of aromatic nitrogens is 2. The minimum Gasteiger partial charge on any atom is -0.491 e. The van der Waals surface area contributed by atoms with Gasteiger partial charge < -0.3 is 15.4 Å². The topological polar surface area (TPSA) is 68.2 Å². The molecule has 0 spiro atoms. The van der Waals surface area contributed by atoms with Gasteiger partial charge in [-0.2, -0.15) is 5.10 Å². The van der Waals surface area contributed by atoms with Crippen molar-refractivity contribution in [1.29, 1.82) is 0 Å². The summed E-state index contributed by atoms with van der Waals surface area (Å²) in [5, 5.41) is 9.68. The van der Waals surface area contributed by atoms with Gasteiger partial charge in [-0.25, -0.2) is 9.18 Å². The van der Waals surface area contributed by atoms with Gasteiger partial charge in [0.1, 0.15) is 11.6 Å². The van der Waals surface area contributed by atoms with Crippen LogP contribution in [0.3, 0.4) is 0 Å². The number of hydrogen-bond acceptors (Lipinski definition) is 3. The maximum atomic E-state index is 14.1. The van der Waals surface area contributed by atoms with Crippen molar-refractivity contribution >= 4 is 11.7 Å². The summed E-state index contributed by atoms with van der Waals surface area (Å²) in [5.41, 5.74) is 2.89. The van der Waals surface area contributed by atoms with Crippen molar-refractivity contribution in [2.24, 2.45) is 7.05 Å². The third-order valence-electron chi connectivity index (χ3n) is 3.91. The fraction of sp³-hybridized carbons (Fsp3) is 0.444. The van der Waals surface area contributed by atoms with Gasteiger partial charge in [-0.05, 0) is 46.8 Å². The molecule has 6 nitrogen and oxygen atoms in total. The fourth-order valence-corrected chi connectivity index (χ4v) is 2.79. The van der Waals surface area contributed by atoms with Gasteiger partial charge in [0.05, 0.1) is 23.5 Å². The van der Waals surface area contributed by atoms with E-state index in [0.29, 0.717) is 5.75 Å². The largest absolute Gasteiger partial charge is 0.491 e. The van der Waals surface area contributed by atoms with E-state index in [1.807, 2.05) is 41.7 Å². The molecule has 0 saturated heterocycles. The van der Waals surface area contributed by atoms with Crippen molar-refractivity contribution < 1.29 is 13.9 Å². The van der Waals surface area contributed by atoms with Crippen LogP contribution in [0.15, 0.2) is 18.2 Å². The molecule has 0 aliphatic heterocycles. The molecule has 1 aromatic heterocycles. The van der Waals surface area contributed by atoms with E-state index < -0.39 is 11.8 Å². The van der Waals surface area contributed by atoms with Crippen molar-refractivity contribution in [3.05, 3.63) is 41.0 Å². The van der Waals surface area contributed by atoms with E-state index in [1.54, 1.807) is 10.7 Å². The molecule has 1 unspecified atom stereocenters. The van der Waals surface area contributed by atoms with Gasteiger partial charge in [-0.1, -0.05) is 0 Å². The van der Waals surface area contributed by atoms with Crippen LogP contribution in [0.1, 0.15) is 43.8 Å². The SMILES string of the molecule is Cc1nn(C)c(C)c1C(C)NC(=O)Nc1ccc(OC(C)C)cc1F. The van der Waals surface area contributed by atoms with E-state index in [9.17, 15) is 9.18 Å². The zero-order chi connectivity index (χ0) is 18.7. The van der Waals surface area contributed by atoms with E-state index in [-0.39, 0.29) is 17.8 Å². The van der Waals surface area contributed by atoms with Gasteiger partial charge in [0, 0.05) is 24.4 Å². The zero-order valence-corrected chi connectivity index (χ0v) is 15.5. The first-order valence-corrected chi connectivity index (χ1v) is 8.22. The molecule has 0 radical (unpaired) electrons. The molecule has 0 bridgehead atoms. The number of benzene rings is 1. The van der Waals surface area contributed by atoms with Crippen molar-refractivity contribution in [3.63, 3.8) is 0 Å². The summed E-state index contributed by atoms with van der Waals surface area (Å²) >= 11 is 0. The number of amides is 2. The van der Waals surface area contributed by atoms with Crippen LogP contribution in [0.4, 0.5) is 14.9 Å². The van der Waals surface area contributed by atoms with Gasteiger partial charge in [0.15, 0.2) is 0 Å². The summed E-state index contributed by atoms with van der Waals surface area (Å²) in [6, 6.07) is 3.64. The number of anilines is 1. The molecule has 7 heteroatoms. The third-order valence-corrected chi connectivity index (χ3v) is 3.91. The number of nitrogens with one attached hydrogen (secondary N) is 2. The second kappa shape index (κ2) is 7.55. The molecular weight excluding hydrogens is 323 g/mol. The number of carbonyl (C=O) groups is 1. The molecule has 136 valence electrons. The van der Waals surface area contributed by atoms with E-state index in [4.69, 9.17) is 4.74 Å². The summed E-state index contributed by atoms with van der Waals surface area (Å²) in [5.74, 6) is -0.122. The lowest BCUT2D eigenvalue weighted by Gasteiger charge is -2.16. The highest BCUT2D eigenvalue weighted by Crippen LogP contribution is 2.23. The van der Waals surface area contributed by atoms with Crippen LogP contribution in [0.2, 0.25) is 0 Å². The normalized spacial score (nSPS) is 12.2. The van der Waals surface area contributed by atoms with Crippen LogP contribution in [-0.2, 0) is 7.05 Å². The van der Waals surface area contributed by atoms with Crippen LogP contribution < -0.4 is 15.4 Å². The van der Waals surface area contributed by atoms with Crippen molar-refractivity contribution in [3.8, 4) is 5.75 Å². The quantitative estimate of drug-likeness (QED) is 0.862. The Hall–Kier alpha value is -2.57. The van der Waals surface area contributed by atoms with Gasteiger partial charge >= 0.3 is 6.03 Å². The molecule has 2 rings (SSSR count). The number of nitrogens with zero attached hydrogens (tertiary/aromatic N) is 2. The molecule has 0 aliphatic carbocycles. The fourth-order valence-electron chi connectivity index (χ4n) is 2.79. The van der Waals surface area contributed by atoms with Gasteiger partial charge in [-0.15, -0.1) is 0 Å². The average molecular weight is 348 g/mol. The van der Waals surface area contributed by atoms with Gasteiger partial charge in [-0.3, -0.25) is 4.68 Å². The highest BCUT2D eigenvalue weighted by molar-refractivity contribution is 5.89. The molecule has 1 atom stereocenters. The summed E-state index contributed by atoms with van der Waals surface area (Å²) in [6.45, 7) is 9.43. The highest BCUT2D eigenvalue weighted by Gasteiger charge is 2.18. The summed E-state index contributed by atoms with van der Waals surface area (Å²) < 4.78 is 21.3. The van der Waals surface area contributed by atoms with Crippen molar-refractivity contribution in [2.45, 2.75) is 46.8 Å². The minimum atomic E-state index is -0.547. The Morgan fingerprint density at radius 1 is 1.28 bits per heavy atom. The Morgan fingerprint density at radius 2 is 1.96 bits per heavy atom. The molecule has 2 amide bonds. The number of aryl methyl sites for hydroxylation is 2. The number of halogens is 1. The highest BCUT2D eigenvalue weighted by atomic mass is 19.1. The van der Waals surface area contributed by atoms with E-state index >= 15 is 0 Å². The molecule has 2 N–H and O–H groups in total. The second-order valence-corrected chi connectivity index (χ2v) is 6.34. The van der Waals surface area contributed by atoms with Crippen LogP contribution in [0.5, 0.6) is 5.75 Å². The van der Waals surface area contributed by atoms with Crippen LogP contribution in [0.25, 0.3) is 0 Å². The predicted molar refractivity (Wildman–Crippen MR) is 95.4 cm³/mol. The number of urea groups is 1. The van der Waals surface area contributed by atoms with Crippen molar-refractivity contribution in [2.75, 3.05) is 5.32 Å². The molecule has 25 heavy (non-hydrogen) atoms. The molecule has 1 aromatic carbocycles. The van der Waals surface area contributed by atoms with Crippen LogP contribution >= 0.6 is 0 Å². The number of carbonyl (C=O) groups excluding carboxylic acids is 1. The third kappa shape index (κ3) is 4.49. The first-order chi connectivity index (χ1) is 11.7. The zero-order valence-electron chi connectivity index (χ0n) is 15.5. The Morgan fingerprint density at radius 3 is 2.48 bits per heavy atom. The van der Waals surface area contributed by atoms with Crippen LogP contribution in [0, 0.1) is 19.7 Å². The number of ether oxygens (including phenoxy) is 1. The lowest BCUT2D eigenvalue weighted by atomic mass is 10.1. The molecular formula is C18H25FN4O2. The number of hydrogen-bond donors (Lipinski definition) is 2. The van der Waals surface area contributed by atoms with E-state index in [2.05, 4.69) is 15.7 Å². The Balaban J connectivity index is 2.05. The van der Waals surface area contributed by atoms with E-state index in [0.717, 1.165) is 17.0 Å². The summed E-state index contributed by atoms with van der Waals surface area (Å²) in [4.78, 5) is 12.2. The first-order valence-electron chi connectivity index (χ1n) is 8.22. The van der Waals surface area contributed by atoms with Gasteiger partial charge in [0.2, 0.25) is 0 Å². The molecule has 0 fully saturated rings. The Bertz CT molecular complexity index is 771. The molecule has 2 aromatic rings. The summed E-state index contributed by atoms with van der Waals surface area (Å²) in [6.07, 6.45) is -0.0479. The number of rotatable bonds is 5. The predicted octanol–water partition coefficient (Wildman–Crippen LogP) is 3.85. The minimum absolute atomic E-state index is 0.0479. The lowest BCUT2D eigenvalue weighted by molar-refractivity contribution is 0.241. The maximum absolute atomic E-state index is 14.1. The maximum Gasteiger partial charge on any atom is 0.319 e. The smallest absolute Gasteiger partial charge is 0.319 e. The molecule has 0 aliphatic rings. The van der Waals surface area contributed by atoms with Crippen molar-refractivity contribution in [1.82, 2.24) is 15.1 Å². The second-order valence-electron chi connectivity index (χ2n) is 6.34. The van der Waals surface area contributed by atoms with Crippen LogP contribution in [-0.4, -0.2) is 21.9 Å². The first kappa shape index (κ1) is 18.8. The molecule has 1 heterocycles. The Labute approximate surface area is 147 Å². The monoisotopic (exact) mass is 348 g/mol. The summed E-state index contributed by atoms with van der Waals surface area (Å²) in [7, 11) is 1.86. The average Bonchev–Trinajstić information content (AvgIpc) is 2.74. The van der Waals surface area contributed by atoms with Gasteiger partial charge in [0.25, 0.3) is 0 Å². The van der Waals surface area contributed by atoms with E-state index in [1.165, 1.54) is 12.1 Å². The standard InChI is InChI=1S/C18H25FN4O2/c1-10(2)25-14-7-8-16(15(19)9-14)21-18(24)20-11(3)17-12(4)22-23(6)13(17)5/h7-11H,1-6H3,(H2,20,21,24).